The van der Waals surface area contributed by atoms with E-state index in [-0.39, 0.29) is 5.69 Å². The number of H-pyrrole nitrogens is 1. The van der Waals surface area contributed by atoms with Gasteiger partial charge in [0.1, 0.15) is 0 Å². The van der Waals surface area contributed by atoms with E-state index in [1.165, 1.54) is 7.11 Å². The van der Waals surface area contributed by atoms with Gasteiger partial charge >= 0.3 is 5.69 Å². The smallest absolute Gasteiger partial charge is 0.348 e. The van der Waals surface area contributed by atoms with Gasteiger partial charge in [-0.25, -0.2) is 4.79 Å². The zero-order chi connectivity index (χ0) is 10.1. The molecule has 0 spiro atoms. The van der Waals surface area contributed by atoms with Crippen molar-refractivity contribution in [2.45, 2.75) is 6.92 Å². The van der Waals surface area contributed by atoms with E-state index in [9.17, 15) is 4.79 Å². The summed E-state index contributed by atoms with van der Waals surface area (Å²) in [5.74, 6) is 0.377. The first-order chi connectivity index (χ1) is 6.72. The van der Waals surface area contributed by atoms with Gasteiger partial charge in [-0.15, -0.1) is 0 Å². The van der Waals surface area contributed by atoms with E-state index in [1.807, 2.05) is 25.1 Å². The lowest BCUT2D eigenvalue weighted by Crippen LogP contribution is -2.11. The molecule has 0 radical (unpaired) electrons. The van der Waals surface area contributed by atoms with Crippen LogP contribution in [0.5, 0.6) is 5.88 Å². The molecule has 4 heteroatoms. The Hall–Kier alpha value is -1.84. The fourth-order valence-corrected chi connectivity index (χ4v) is 1.49. The number of aryl methyl sites for hydroxylation is 1. The summed E-state index contributed by atoms with van der Waals surface area (Å²) in [7, 11) is 1.51. The van der Waals surface area contributed by atoms with Crippen LogP contribution in [0.2, 0.25) is 0 Å². The maximum atomic E-state index is 11.1. The molecule has 0 aliphatic rings. The Morgan fingerprint density at radius 3 is 2.93 bits per heavy atom. The summed E-state index contributed by atoms with van der Waals surface area (Å²) in [6.45, 7) is 1.95. The van der Waals surface area contributed by atoms with E-state index >= 15 is 0 Å². The Morgan fingerprint density at radius 2 is 2.21 bits per heavy atom. The third-order valence-corrected chi connectivity index (χ3v) is 2.12. The van der Waals surface area contributed by atoms with Crippen LogP contribution in [-0.2, 0) is 0 Å². The topological polar surface area (TPSA) is 55.0 Å². The molecule has 1 N–H and O–H groups in total. The molecule has 14 heavy (non-hydrogen) atoms. The largest absolute Gasteiger partial charge is 0.480 e. The van der Waals surface area contributed by atoms with Crippen molar-refractivity contribution in [1.29, 1.82) is 0 Å². The Labute approximate surface area is 80.6 Å². The SMILES string of the molecule is COc1nc(=O)[nH]c2cccc(C)c12. The van der Waals surface area contributed by atoms with Gasteiger partial charge in [-0.1, -0.05) is 12.1 Å². The number of nitrogens with zero attached hydrogens (tertiary/aromatic N) is 1. The highest BCUT2D eigenvalue weighted by molar-refractivity contribution is 5.86. The van der Waals surface area contributed by atoms with E-state index < -0.39 is 0 Å². The number of aromatic amines is 1. The molecule has 0 unspecified atom stereocenters. The third-order valence-electron chi connectivity index (χ3n) is 2.12. The quantitative estimate of drug-likeness (QED) is 0.736. The molecule has 2 aromatic rings. The number of ether oxygens (including phenoxy) is 1. The molecule has 4 nitrogen and oxygen atoms in total. The first-order valence-electron chi connectivity index (χ1n) is 4.26. The highest BCUT2D eigenvalue weighted by Gasteiger charge is 2.06. The molecule has 0 saturated carbocycles. The van der Waals surface area contributed by atoms with E-state index in [2.05, 4.69) is 9.97 Å². The molecule has 0 amide bonds. The molecule has 0 aliphatic heterocycles. The predicted octanol–water partition coefficient (Wildman–Crippen LogP) is 1.24. The lowest BCUT2D eigenvalue weighted by molar-refractivity contribution is 0.401. The summed E-state index contributed by atoms with van der Waals surface area (Å²) in [6, 6.07) is 5.66. The molecular formula is C10H10N2O2. The molecule has 1 heterocycles. The summed E-state index contributed by atoms with van der Waals surface area (Å²) in [4.78, 5) is 17.5. The maximum absolute atomic E-state index is 11.1. The minimum absolute atomic E-state index is 0.377. The van der Waals surface area contributed by atoms with Crippen molar-refractivity contribution in [3.63, 3.8) is 0 Å². The number of benzene rings is 1. The highest BCUT2D eigenvalue weighted by atomic mass is 16.5. The van der Waals surface area contributed by atoms with Gasteiger partial charge in [0.2, 0.25) is 5.88 Å². The lowest BCUT2D eigenvalue weighted by Gasteiger charge is -2.05. The number of hydrogen-bond acceptors (Lipinski definition) is 3. The van der Waals surface area contributed by atoms with Gasteiger partial charge in [0.15, 0.2) is 0 Å². The molecular weight excluding hydrogens is 180 g/mol. The van der Waals surface area contributed by atoms with E-state index in [4.69, 9.17) is 4.74 Å². The van der Waals surface area contributed by atoms with Gasteiger partial charge in [-0.05, 0) is 18.6 Å². The molecule has 2 rings (SSSR count). The van der Waals surface area contributed by atoms with Crippen LogP contribution in [0.3, 0.4) is 0 Å². The average Bonchev–Trinajstić information content (AvgIpc) is 2.16. The van der Waals surface area contributed by atoms with Gasteiger partial charge in [0.05, 0.1) is 18.0 Å². The van der Waals surface area contributed by atoms with Crippen LogP contribution in [0.15, 0.2) is 23.0 Å². The van der Waals surface area contributed by atoms with Crippen molar-refractivity contribution in [2.24, 2.45) is 0 Å². The number of methoxy groups -OCH3 is 1. The summed E-state index contributed by atoms with van der Waals surface area (Å²) in [5.41, 5.74) is 1.39. The summed E-state index contributed by atoms with van der Waals surface area (Å²) in [5, 5.41) is 0.856. The third kappa shape index (κ3) is 1.25. The van der Waals surface area contributed by atoms with Gasteiger partial charge in [0, 0.05) is 0 Å². The summed E-state index contributed by atoms with van der Waals surface area (Å²) >= 11 is 0. The second kappa shape index (κ2) is 3.14. The first kappa shape index (κ1) is 8.74. The van der Waals surface area contributed by atoms with Crippen LogP contribution in [0.4, 0.5) is 0 Å². The number of nitrogens with one attached hydrogen (secondary N) is 1. The van der Waals surface area contributed by atoms with Crippen LogP contribution >= 0.6 is 0 Å². The molecule has 72 valence electrons. The van der Waals surface area contributed by atoms with Crippen molar-refractivity contribution in [2.75, 3.05) is 7.11 Å². The zero-order valence-corrected chi connectivity index (χ0v) is 8.00. The molecule has 1 aromatic heterocycles. The Morgan fingerprint density at radius 1 is 1.43 bits per heavy atom. The predicted molar refractivity (Wildman–Crippen MR) is 53.7 cm³/mol. The van der Waals surface area contributed by atoms with Crippen molar-refractivity contribution < 1.29 is 4.74 Å². The van der Waals surface area contributed by atoms with Gasteiger partial charge in [-0.3, -0.25) is 0 Å². The summed E-state index contributed by atoms with van der Waals surface area (Å²) < 4.78 is 5.06. The Kier molecular flexibility index (Phi) is 1.96. The van der Waals surface area contributed by atoms with Crippen LogP contribution in [0.25, 0.3) is 10.9 Å². The fraction of sp³-hybridized carbons (Fsp3) is 0.200. The van der Waals surface area contributed by atoms with Gasteiger partial charge in [0.25, 0.3) is 0 Å². The lowest BCUT2D eigenvalue weighted by atomic mass is 10.1. The normalized spacial score (nSPS) is 10.4. The molecule has 0 bridgehead atoms. The van der Waals surface area contributed by atoms with E-state index in [0.29, 0.717) is 5.88 Å². The number of hydrogen-bond donors (Lipinski definition) is 1. The van der Waals surface area contributed by atoms with Crippen LogP contribution in [-0.4, -0.2) is 17.1 Å². The summed E-state index contributed by atoms with van der Waals surface area (Å²) in [6.07, 6.45) is 0. The second-order valence-electron chi connectivity index (χ2n) is 3.05. The van der Waals surface area contributed by atoms with Crippen molar-refractivity contribution in [3.05, 3.63) is 34.2 Å². The zero-order valence-electron chi connectivity index (χ0n) is 8.00. The monoisotopic (exact) mass is 190 g/mol. The van der Waals surface area contributed by atoms with Gasteiger partial charge in [-0.2, -0.15) is 4.98 Å². The highest BCUT2D eigenvalue weighted by Crippen LogP contribution is 2.22. The molecule has 0 fully saturated rings. The molecule has 0 saturated heterocycles. The van der Waals surface area contributed by atoms with Crippen LogP contribution in [0, 0.1) is 6.92 Å². The van der Waals surface area contributed by atoms with Crippen LogP contribution in [0.1, 0.15) is 5.56 Å². The molecule has 0 atom stereocenters. The standard InChI is InChI=1S/C10H10N2O2/c1-6-4-3-5-7-8(6)9(14-2)12-10(13)11-7/h3-5H,1-2H3,(H,11,12,13). The van der Waals surface area contributed by atoms with Crippen LogP contribution < -0.4 is 10.4 Å². The fourth-order valence-electron chi connectivity index (χ4n) is 1.49. The molecule has 0 aliphatic carbocycles. The molecule has 1 aromatic carbocycles. The minimum Gasteiger partial charge on any atom is -0.480 e. The second-order valence-corrected chi connectivity index (χ2v) is 3.05. The number of rotatable bonds is 1. The van der Waals surface area contributed by atoms with Crippen molar-refractivity contribution in [1.82, 2.24) is 9.97 Å². The average molecular weight is 190 g/mol. The Balaban J connectivity index is 2.96. The number of aromatic nitrogens is 2. The van der Waals surface area contributed by atoms with Gasteiger partial charge < -0.3 is 9.72 Å². The van der Waals surface area contributed by atoms with E-state index in [1.54, 1.807) is 0 Å². The Bertz CT molecular complexity index is 531. The van der Waals surface area contributed by atoms with E-state index in [0.717, 1.165) is 16.5 Å². The minimum atomic E-state index is -0.389. The first-order valence-corrected chi connectivity index (χ1v) is 4.26. The maximum Gasteiger partial charge on any atom is 0.348 e. The van der Waals surface area contributed by atoms with Crippen molar-refractivity contribution >= 4 is 10.9 Å². The number of fused-ring (bicyclic) bond motifs is 1. The van der Waals surface area contributed by atoms with Crippen molar-refractivity contribution in [3.8, 4) is 5.88 Å².